The Hall–Kier alpha value is -2.09. The molecule has 2 aromatic carbocycles. The molecule has 0 bridgehead atoms. The lowest BCUT2D eigenvalue weighted by molar-refractivity contribution is 0.467. The minimum Gasteiger partial charge on any atom is -0.431 e. The van der Waals surface area contributed by atoms with Gasteiger partial charge in [0, 0.05) is 11.1 Å². The summed E-state index contributed by atoms with van der Waals surface area (Å²) in [6.45, 7) is 0. The van der Waals surface area contributed by atoms with E-state index in [9.17, 15) is 8.42 Å². The highest BCUT2D eigenvalue weighted by atomic mass is 32.2. The zero-order valence-electron chi connectivity index (χ0n) is 12.3. The quantitative estimate of drug-likeness (QED) is 0.732. The van der Waals surface area contributed by atoms with Crippen LogP contribution in [0.5, 0.6) is 0 Å². The fraction of sp³-hybridized carbons (Fsp3) is 0.0625. The number of aromatic nitrogens is 1. The molecule has 7 heteroatoms. The van der Waals surface area contributed by atoms with Gasteiger partial charge in [-0.3, -0.25) is 0 Å². The van der Waals surface area contributed by atoms with E-state index in [2.05, 4.69) is 4.98 Å². The van der Waals surface area contributed by atoms with Crippen LogP contribution in [0.2, 0.25) is 0 Å². The molecule has 5 nitrogen and oxygen atoms in total. The van der Waals surface area contributed by atoms with Crippen LogP contribution in [0.25, 0.3) is 22.6 Å². The maximum atomic E-state index is 11.4. The first-order chi connectivity index (χ1) is 11.0. The van der Waals surface area contributed by atoms with E-state index >= 15 is 0 Å². The van der Waals surface area contributed by atoms with E-state index in [1.165, 1.54) is 23.9 Å². The predicted octanol–water partition coefficient (Wildman–Crippen LogP) is 3.38. The Balaban J connectivity index is 2.11. The molecule has 0 aliphatic heterocycles. The van der Waals surface area contributed by atoms with Crippen LogP contribution >= 0.6 is 11.8 Å². The van der Waals surface area contributed by atoms with Crippen molar-refractivity contribution in [3.63, 3.8) is 0 Å². The summed E-state index contributed by atoms with van der Waals surface area (Å²) in [5.41, 5.74) is 2.39. The monoisotopic (exact) mass is 346 g/mol. The second kappa shape index (κ2) is 6.19. The van der Waals surface area contributed by atoms with Gasteiger partial charge in [-0.1, -0.05) is 42.1 Å². The summed E-state index contributed by atoms with van der Waals surface area (Å²) < 4.78 is 28.5. The minimum atomic E-state index is -3.71. The number of rotatable bonds is 4. The zero-order valence-corrected chi connectivity index (χ0v) is 13.9. The molecule has 0 fully saturated rings. The highest BCUT2D eigenvalue weighted by Gasteiger charge is 2.17. The summed E-state index contributed by atoms with van der Waals surface area (Å²) >= 11 is 1.41. The number of thioether (sulfide) groups is 1. The molecule has 118 valence electrons. The first-order valence-corrected chi connectivity index (χ1v) is 9.49. The molecule has 0 amide bonds. The second-order valence-corrected chi connectivity index (χ2v) is 7.12. The number of sulfonamides is 1. The van der Waals surface area contributed by atoms with Crippen LogP contribution in [-0.2, 0) is 10.0 Å². The van der Waals surface area contributed by atoms with Crippen molar-refractivity contribution in [1.82, 2.24) is 4.98 Å². The Morgan fingerprint density at radius 1 is 1.00 bits per heavy atom. The maximum absolute atomic E-state index is 11.4. The SMILES string of the molecule is CSc1nc(-c2ccccc2)c(-c2ccc(S(N)(=O)=O)cc2)o1. The van der Waals surface area contributed by atoms with Gasteiger partial charge in [-0.2, -0.15) is 0 Å². The van der Waals surface area contributed by atoms with E-state index in [-0.39, 0.29) is 4.90 Å². The number of nitrogens with two attached hydrogens (primary N) is 1. The van der Waals surface area contributed by atoms with Crippen molar-refractivity contribution >= 4 is 21.8 Å². The van der Waals surface area contributed by atoms with Gasteiger partial charge in [-0.05, 0) is 30.5 Å². The van der Waals surface area contributed by atoms with Crippen LogP contribution in [-0.4, -0.2) is 19.7 Å². The van der Waals surface area contributed by atoms with Gasteiger partial charge >= 0.3 is 0 Å². The highest BCUT2D eigenvalue weighted by Crippen LogP contribution is 2.35. The lowest BCUT2D eigenvalue weighted by atomic mass is 10.1. The number of primary sulfonamides is 1. The number of nitrogens with zero attached hydrogens (tertiary/aromatic N) is 1. The van der Waals surface area contributed by atoms with Crippen molar-refractivity contribution in [2.24, 2.45) is 5.14 Å². The third-order valence-electron chi connectivity index (χ3n) is 3.27. The number of hydrogen-bond acceptors (Lipinski definition) is 5. The maximum Gasteiger partial charge on any atom is 0.256 e. The van der Waals surface area contributed by atoms with Gasteiger partial charge in [-0.15, -0.1) is 0 Å². The summed E-state index contributed by atoms with van der Waals surface area (Å²) in [6.07, 6.45) is 1.88. The molecule has 0 spiro atoms. The number of hydrogen-bond donors (Lipinski definition) is 1. The van der Waals surface area contributed by atoms with Crippen LogP contribution in [0.3, 0.4) is 0 Å². The van der Waals surface area contributed by atoms with Gasteiger partial charge in [0.2, 0.25) is 10.0 Å². The van der Waals surface area contributed by atoms with Crippen LogP contribution in [0, 0.1) is 0 Å². The fourth-order valence-corrected chi connectivity index (χ4v) is 3.04. The topological polar surface area (TPSA) is 86.2 Å². The summed E-state index contributed by atoms with van der Waals surface area (Å²) in [5.74, 6) is 0.599. The Bertz CT molecular complexity index is 918. The first kappa shape index (κ1) is 15.8. The molecule has 0 unspecified atom stereocenters. The molecule has 1 heterocycles. The van der Waals surface area contributed by atoms with Gasteiger partial charge in [0.1, 0.15) is 5.69 Å². The molecular weight excluding hydrogens is 332 g/mol. The molecule has 0 saturated heterocycles. The van der Waals surface area contributed by atoms with Crippen molar-refractivity contribution < 1.29 is 12.8 Å². The van der Waals surface area contributed by atoms with E-state index in [1.54, 1.807) is 12.1 Å². The summed E-state index contributed by atoms with van der Waals surface area (Å²) in [6, 6.07) is 15.9. The summed E-state index contributed by atoms with van der Waals surface area (Å²) in [5, 5.41) is 5.68. The van der Waals surface area contributed by atoms with Crippen LogP contribution < -0.4 is 5.14 Å². The van der Waals surface area contributed by atoms with Crippen LogP contribution in [0.1, 0.15) is 0 Å². The van der Waals surface area contributed by atoms with Crippen molar-refractivity contribution in [2.45, 2.75) is 10.1 Å². The van der Waals surface area contributed by atoms with E-state index in [4.69, 9.17) is 9.56 Å². The third kappa shape index (κ3) is 3.31. The van der Waals surface area contributed by atoms with E-state index in [0.717, 1.165) is 16.8 Å². The second-order valence-electron chi connectivity index (χ2n) is 4.80. The average molecular weight is 346 g/mol. The third-order valence-corrected chi connectivity index (χ3v) is 4.73. The molecule has 2 N–H and O–H groups in total. The Morgan fingerprint density at radius 2 is 1.65 bits per heavy atom. The van der Waals surface area contributed by atoms with Gasteiger partial charge in [0.25, 0.3) is 5.22 Å². The molecule has 0 radical (unpaired) electrons. The van der Waals surface area contributed by atoms with Crippen molar-refractivity contribution in [3.05, 3.63) is 54.6 Å². The van der Waals surface area contributed by atoms with Gasteiger partial charge in [0.05, 0.1) is 4.90 Å². The molecular formula is C16H14N2O3S2. The smallest absolute Gasteiger partial charge is 0.256 e. The molecule has 3 rings (SSSR count). The Kier molecular flexibility index (Phi) is 4.25. The zero-order chi connectivity index (χ0) is 16.4. The predicted molar refractivity (Wildman–Crippen MR) is 90.5 cm³/mol. The molecule has 0 aliphatic carbocycles. The molecule has 0 saturated carbocycles. The standard InChI is InChI=1S/C16H14N2O3S2/c1-22-16-18-14(11-5-3-2-4-6-11)15(21-16)12-7-9-13(10-8-12)23(17,19)20/h2-10H,1H3,(H2,17,19,20). The molecule has 0 atom stereocenters. The molecule has 0 aliphatic rings. The lowest BCUT2D eigenvalue weighted by Gasteiger charge is -2.03. The Morgan fingerprint density at radius 3 is 2.22 bits per heavy atom. The van der Waals surface area contributed by atoms with Crippen molar-refractivity contribution in [3.8, 4) is 22.6 Å². The largest absolute Gasteiger partial charge is 0.431 e. The van der Waals surface area contributed by atoms with Gasteiger partial charge in [-0.25, -0.2) is 18.5 Å². The van der Waals surface area contributed by atoms with E-state index in [0.29, 0.717) is 11.0 Å². The van der Waals surface area contributed by atoms with Crippen molar-refractivity contribution in [1.29, 1.82) is 0 Å². The normalized spacial score (nSPS) is 11.6. The van der Waals surface area contributed by atoms with E-state index < -0.39 is 10.0 Å². The van der Waals surface area contributed by atoms with Crippen molar-refractivity contribution in [2.75, 3.05) is 6.26 Å². The lowest BCUT2D eigenvalue weighted by Crippen LogP contribution is -2.11. The number of benzene rings is 2. The minimum absolute atomic E-state index is 0.0621. The number of oxazole rings is 1. The fourth-order valence-electron chi connectivity index (χ4n) is 2.17. The van der Waals surface area contributed by atoms with Crippen LogP contribution in [0.4, 0.5) is 0 Å². The average Bonchev–Trinajstić information content (AvgIpc) is 2.99. The molecule has 1 aromatic heterocycles. The van der Waals surface area contributed by atoms with Crippen LogP contribution in [0.15, 0.2) is 69.1 Å². The summed E-state index contributed by atoms with van der Waals surface area (Å²) in [4.78, 5) is 4.56. The van der Waals surface area contributed by atoms with Gasteiger partial charge < -0.3 is 4.42 Å². The molecule has 23 heavy (non-hydrogen) atoms. The van der Waals surface area contributed by atoms with Gasteiger partial charge in [0.15, 0.2) is 5.76 Å². The molecule has 3 aromatic rings. The first-order valence-electron chi connectivity index (χ1n) is 6.72. The highest BCUT2D eigenvalue weighted by molar-refractivity contribution is 7.98. The Labute approximate surface area is 138 Å². The summed E-state index contributed by atoms with van der Waals surface area (Å²) in [7, 11) is -3.71. The van der Waals surface area contributed by atoms with E-state index in [1.807, 2.05) is 36.6 Å².